The van der Waals surface area contributed by atoms with Crippen molar-refractivity contribution in [1.82, 2.24) is 25.1 Å². The highest BCUT2D eigenvalue weighted by Crippen LogP contribution is 2.34. The summed E-state index contributed by atoms with van der Waals surface area (Å²) < 4.78 is 2.03. The molecule has 0 unspecified atom stereocenters. The predicted molar refractivity (Wildman–Crippen MR) is 117 cm³/mol. The van der Waals surface area contributed by atoms with Crippen LogP contribution in [0, 0.1) is 5.92 Å². The minimum Gasteiger partial charge on any atom is -0.350 e. The number of benzene rings is 1. The number of hydrogen-bond acceptors (Lipinski definition) is 6. The Morgan fingerprint density at radius 1 is 1.31 bits per heavy atom. The van der Waals surface area contributed by atoms with Crippen molar-refractivity contribution < 1.29 is 4.79 Å². The monoisotopic (exact) mass is 412 g/mol. The zero-order valence-corrected chi connectivity index (χ0v) is 18.0. The number of nitrogens with two attached hydrogens (primary N) is 1. The highest BCUT2D eigenvalue weighted by molar-refractivity contribution is 7.98. The Morgan fingerprint density at radius 3 is 2.76 bits per heavy atom. The highest BCUT2D eigenvalue weighted by atomic mass is 32.2. The van der Waals surface area contributed by atoms with E-state index in [4.69, 9.17) is 15.8 Å². The predicted octanol–water partition coefficient (Wildman–Crippen LogP) is 3.53. The van der Waals surface area contributed by atoms with E-state index in [9.17, 15) is 4.79 Å². The van der Waals surface area contributed by atoms with E-state index >= 15 is 0 Å². The Hall–Kier alpha value is -2.19. The molecule has 3 N–H and O–H groups in total. The number of rotatable bonds is 5. The van der Waals surface area contributed by atoms with Gasteiger partial charge in [-0.1, -0.05) is 31.7 Å². The van der Waals surface area contributed by atoms with Crippen LogP contribution in [0.4, 0.5) is 0 Å². The first kappa shape index (κ1) is 20.1. The lowest BCUT2D eigenvalue weighted by Crippen LogP contribution is -2.29. The van der Waals surface area contributed by atoms with Crippen molar-refractivity contribution in [3.8, 4) is 0 Å². The molecule has 0 atom stereocenters. The van der Waals surface area contributed by atoms with E-state index in [0.29, 0.717) is 23.3 Å². The van der Waals surface area contributed by atoms with Gasteiger partial charge in [-0.3, -0.25) is 9.48 Å². The van der Waals surface area contributed by atoms with Gasteiger partial charge in [0, 0.05) is 29.6 Å². The van der Waals surface area contributed by atoms with Crippen molar-refractivity contribution in [3.63, 3.8) is 0 Å². The maximum absolute atomic E-state index is 12.9. The van der Waals surface area contributed by atoms with Crippen LogP contribution in [0.2, 0.25) is 0 Å². The van der Waals surface area contributed by atoms with E-state index in [1.54, 1.807) is 0 Å². The first-order valence-corrected chi connectivity index (χ1v) is 11.5. The molecule has 0 radical (unpaired) electrons. The molecule has 4 rings (SSSR count). The van der Waals surface area contributed by atoms with Gasteiger partial charge in [0.15, 0.2) is 10.9 Å². The van der Waals surface area contributed by atoms with Gasteiger partial charge in [0.2, 0.25) is 0 Å². The van der Waals surface area contributed by atoms with Gasteiger partial charge in [-0.05, 0) is 43.9 Å². The molecule has 1 amide bonds. The molecule has 1 aliphatic rings. The fourth-order valence-electron chi connectivity index (χ4n) is 3.96. The SMILES string of the molecule is CSc1ncc2ccc3c(C(=O)NCC(C)C)nn(C4CCC(N)CC4)c3c2n1. The second kappa shape index (κ2) is 8.28. The van der Waals surface area contributed by atoms with Crippen molar-refractivity contribution in [2.75, 3.05) is 12.8 Å². The van der Waals surface area contributed by atoms with Gasteiger partial charge < -0.3 is 11.1 Å². The van der Waals surface area contributed by atoms with Gasteiger partial charge in [-0.2, -0.15) is 5.10 Å². The molecule has 0 spiro atoms. The van der Waals surface area contributed by atoms with E-state index in [1.165, 1.54) is 11.8 Å². The summed E-state index contributed by atoms with van der Waals surface area (Å²) in [6.45, 7) is 4.78. The molecule has 1 fully saturated rings. The minimum atomic E-state index is -0.131. The number of hydrogen-bond donors (Lipinski definition) is 2. The summed E-state index contributed by atoms with van der Waals surface area (Å²) in [5, 5.41) is 10.4. The van der Waals surface area contributed by atoms with E-state index in [2.05, 4.69) is 24.1 Å². The number of fused-ring (bicyclic) bond motifs is 3. The van der Waals surface area contributed by atoms with Crippen LogP contribution in [0.3, 0.4) is 0 Å². The first-order chi connectivity index (χ1) is 14.0. The zero-order chi connectivity index (χ0) is 20.5. The lowest BCUT2D eigenvalue weighted by Gasteiger charge is -2.27. The van der Waals surface area contributed by atoms with E-state index in [1.807, 2.05) is 29.3 Å². The fourth-order valence-corrected chi connectivity index (χ4v) is 4.30. The molecular formula is C21H28N6OS. The van der Waals surface area contributed by atoms with Crippen LogP contribution in [0.1, 0.15) is 56.1 Å². The molecule has 154 valence electrons. The topological polar surface area (TPSA) is 98.7 Å². The quantitative estimate of drug-likeness (QED) is 0.491. The molecule has 2 heterocycles. The van der Waals surface area contributed by atoms with Crippen LogP contribution in [-0.4, -0.2) is 44.5 Å². The highest BCUT2D eigenvalue weighted by Gasteiger charge is 2.27. The van der Waals surface area contributed by atoms with Crippen LogP contribution in [-0.2, 0) is 0 Å². The Balaban J connectivity index is 1.88. The fraction of sp³-hybridized carbons (Fsp3) is 0.524. The summed E-state index contributed by atoms with van der Waals surface area (Å²) in [6, 6.07) is 4.43. The Kier molecular flexibility index (Phi) is 5.74. The number of thioether (sulfide) groups is 1. The Morgan fingerprint density at radius 2 is 2.07 bits per heavy atom. The molecule has 0 aliphatic heterocycles. The summed E-state index contributed by atoms with van der Waals surface area (Å²) in [4.78, 5) is 22.1. The normalized spacial score (nSPS) is 19.9. The second-order valence-corrected chi connectivity index (χ2v) is 9.00. The number of aromatic nitrogens is 4. The molecule has 7 nitrogen and oxygen atoms in total. The average Bonchev–Trinajstić information content (AvgIpc) is 3.12. The number of carbonyl (C=O) groups excluding carboxylic acids is 1. The van der Waals surface area contributed by atoms with Crippen LogP contribution in [0.15, 0.2) is 23.5 Å². The van der Waals surface area contributed by atoms with Gasteiger partial charge in [0.1, 0.15) is 5.52 Å². The number of nitrogens with zero attached hydrogens (tertiary/aromatic N) is 4. The smallest absolute Gasteiger partial charge is 0.272 e. The van der Waals surface area contributed by atoms with E-state index in [0.717, 1.165) is 47.5 Å². The third-order valence-corrected chi connectivity index (χ3v) is 6.11. The van der Waals surface area contributed by atoms with Crippen molar-refractivity contribution in [2.45, 2.75) is 56.8 Å². The summed E-state index contributed by atoms with van der Waals surface area (Å²) in [5.41, 5.74) is 8.37. The molecule has 1 aliphatic carbocycles. The molecule has 0 saturated heterocycles. The van der Waals surface area contributed by atoms with Crippen LogP contribution < -0.4 is 11.1 Å². The van der Waals surface area contributed by atoms with Gasteiger partial charge in [0.25, 0.3) is 5.91 Å². The molecule has 3 aromatic rings. The molecule has 8 heteroatoms. The summed E-state index contributed by atoms with van der Waals surface area (Å²) in [5.74, 6) is 0.248. The molecular weight excluding hydrogens is 384 g/mol. The van der Waals surface area contributed by atoms with Crippen LogP contribution in [0.25, 0.3) is 21.8 Å². The maximum atomic E-state index is 12.9. The van der Waals surface area contributed by atoms with Crippen molar-refractivity contribution >= 4 is 39.5 Å². The van der Waals surface area contributed by atoms with Crippen LogP contribution >= 0.6 is 11.8 Å². The zero-order valence-electron chi connectivity index (χ0n) is 17.2. The third kappa shape index (κ3) is 3.96. The standard InChI is InChI=1S/C21H28N6OS/c1-12(2)10-23-20(28)18-16-9-4-13-11-24-21(29-3)25-17(13)19(16)27(26-18)15-7-5-14(22)6-8-15/h4,9,11-12,14-15H,5-8,10,22H2,1-3H3,(H,23,28). The molecule has 29 heavy (non-hydrogen) atoms. The number of nitrogens with one attached hydrogen (secondary N) is 1. The van der Waals surface area contributed by atoms with E-state index in [-0.39, 0.29) is 18.0 Å². The first-order valence-electron chi connectivity index (χ1n) is 10.2. The number of amides is 1. The van der Waals surface area contributed by atoms with Crippen molar-refractivity contribution in [2.24, 2.45) is 11.7 Å². The lowest BCUT2D eigenvalue weighted by atomic mass is 9.92. The van der Waals surface area contributed by atoms with Crippen molar-refractivity contribution in [1.29, 1.82) is 0 Å². The largest absolute Gasteiger partial charge is 0.350 e. The van der Waals surface area contributed by atoms with E-state index < -0.39 is 0 Å². The van der Waals surface area contributed by atoms with Crippen LogP contribution in [0.5, 0.6) is 0 Å². The van der Waals surface area contributed by atoms with Gasteiger partial charge >= 0.3 is 0 Å². The summed E-state index contributed by atoms with van der Waals surface area (Å²) in [7, 11) is 0. The lowest BCUT2D eigenvalue weighted by molar-refractivity contribution is 0.0944. The molecule has 1 aromatic carbocycles. The molecule has 1 saturated carbocycles. The number of carbonyl (C=O) groups is 1. The average molecular weight is 413 g/mol. The maximum Gasteiger partial charge on any atom is 0.272 e. The summed E-state index contributed by atoms with van der Waals surface area (Å²) >= 11 is 1.51. The molecule has 2 aromatic heterocycles. The molecule has 0 bridgehead atoms. The third-order valence-electron chi connectivity index (χ3n) is 5.55. The Labute approximate surface area is 174 Å². The van der Waals surface area contributed by atoms with Gasteiger partial charge in [-0.15, -0.1) is 0 Å². The second-order valence-electron chi connectivity index (χ2n) is 8.22. The Bertz CT molecular complexity index is 1040. The van der Waals surface area contributed by atoms with Gasteiger partial charge in [0.05, 0.1) is 11.6 Å². The minimum absolute atomic E-state index is 0.131. The van der Waals surface area contributed by atoms with Gasteiger partial charge in [-0.25, -0.2) is 9.97 Å². The summed E-state index contributed by atoms with van der Waals surface area (Å²) in [6.07, 6.45) is 7.67. The van der Waals surface area contributed by atoms with Crippen molar-refractivity contribution in [3.05, 3.63) is 24.0 Å².